The first-order valence-corrected chi connectivity index (χ1v) is 9.84. The molecule has 26 heavy (non-hydrogen) atoms. The van der Waals surface area contributed by atoms with Gasteiger partial charge in [0.1, 0.15) is 6.10 Å². The van der Waals surface area contributed by atoms with Crippen molar-refractivity contribution in [2.75, 3.05) is 32.8 Å². The largest absolute Gasteiger partial charge is 0.386 e. The lowest BCUT2D eigenvalue weighted by atomic mass is 10.2. The van der Waals surface area contributed by atoms with Gasteiger partial charge in [-0.15, -0.1) is 35.3 Å². The summed E-state index contributed by atoms with van der Waals surface area (Å²) in [5.41, 5.74) is 0. The van der Waals surface area contributed by atoms with Crippen molar-refractivity contribution in [3.63, 3.8) is 0 Å². The van der Waals surface area contributed by atoms with Crippen LogP contribution in [0.1, 0.15) is 30.7 Å². The van der Waals surface area contributed by atoms with Crippen LogP contribution < -0.4 is 10.6 Å². The van der Waals surface area contributed by atoms with E-state index in [1.807, 2.05) is 25.1 Å². The number of fused-ring (bicyclic) bond motifs is 1. The maximum atomic E-state index is 10.4. The van der Waals surface area contributed by atoms with Crippen molar-refractivity contribution in [1.29, 1.82) is 0 Å². The highest BCUT2D eigenvalue weighted by atomic mass is 127. The zero-order valence-corrected chi connectivity index (χ0v) is 18.3. The molecule has 1 atom stereocenters. The lowest BCUT2D eigenvalue weighted by molar-refractivity contribution is 0.129. The number of hydrogen-bond donors (Lipinski definition) is 3. The number of nitrogens with one attached hydrogen (secondary N) is 2. The maximum Gasteiger partial charge on any atom is 0.191 e. The van der Waals surface area contributed by atoms with Gasteiger partial charge in [-0.25, -0.2) is 0 Å². The summed E-state index contributed by atoms with van der Waals surface area (Å²) in [7, 11) is 0. The predicted molar refractivity (Wildman–Crippen MR) is 120 cm³/mol. The topological polar surface area (TPSA) is 65.9 Å². The van der Waals surface area contributed by atoms with Crippen LogP contribution in [0.5, 0.6) is 0 Å². The van der Waals surface area contributed by atoms with Gasteiger partial charge in [0.15, 0.2) is 5.96 Å². The molecule has 7 heteroatoms. The van der Waals surface area contributed by atoms with E-state index in [-0.39, 0.29) is 24.0 Å². The standard InChI is InChI=1S/C19H27N3O2S.HI/c1-2-20-19(21-9-10-24-13-14-7-8-14)22-12-16(23)18-11-15-5-3-4-6-17(15)25-18;/h3-6,11,14,16,23H,2,7-10,12-13H2,1H3,(H2,20,21,22);1H. The summed E-state index contributed by atoms with van der Waals surface area (Å²) >= 11 is 1.62. The van der Waals surface area contributed by atoms with E-state index in [1.165, 1.54) is 22.9 Å². The molecule has 0 saturated heterocycles. The number of rotatable bonds is 9. The van der Waals surface area contributed by atoms with E-state index in [2.05, 4.69) is 27.8 Å². The first kappa shape index (κ1) is 21.4. The zero-order chi connectivity index (χ0) is 17.5. The molecule has 1 aliphatic carbocycles. The van der Waals surface area contributed by atoms with E-state index in [0.717, 1.165) is 36.5 Å². The van der Waals surface area contributed by atoms with Gasteiger partial charge < -0.3 is 20.5 Å². The van der Waals surface area contributed by atoms with Crippen LogP contribution in [0.4, 0.5) is 0 Å². The minimum absolute atomic E-state index is 0. The van der Waals surface area contributed by atoms with E-state index in [1.54, 1.807) is 11.3 Å². The molecule has 144 valence electrons. The van der Waals surface area contributed by atoms with Gasteiger partial charge in [-0.05, 0) is 43.2 Å². The predicted octanol–water partition coefficient (Wildman–Crippen LogP) is 3.53. The smallest absolute Gasteiger partial charge is 0.191 e. The molecule has 0 spiro atoms. The van der Waals surface area contributed by atoms with Crippen LogP contribution in [0, 0.1) is 5.92 Å². The zero-order valence-electron chi connectivity index (χ0n) is 15.1. The third-order valence-corrected chi connectivity index (χ3v) is 5.35. The molecule has 0 aliphatic heterocycles. The quantitative estimate of drug-likeness (QED) is 0.218. The Morgan fingerprint density at radius 3 is 2.88 bits per heavy atom. The molecule has 0 radical (unpaired) electrons. The van der Waals surface area contributed by atoms with Gasteiger partial charge in [0.05, 0.1) is 13.2 Å². The molecule has 1 aliphatic rings. The van der Waals surface area contributed by atoms with Crippen LogP contribution in [-0.2, 0) is 4.74 Å². The van der Waals surface area contributed by atoms with Crippen LogP contribution in [0.3, 0.4) is 0 Å². The van der Waals surface area contributed by atoms with Crippen molar-refractivity contribution < 1.29 is 9.84 Å². The van der Waals surface area contributed by atoms with Gasteiger partial charge in [0.25, 0.3) is 0 Å². The summed E-state index contributed by atoms with van der Waals surface area (Å²) < 4.78 is 6.81. The molecular weight excluding hydrogens is 461 g/mol. The number of nitrogens with zero attached hydrogens (tertiary/aromatic N) is 1. The second kappa shape index (κ2) is 11.1. The van der Waals surface area contributed by atoms with E-state index in [9.17, 15) is 5.11 Å². The van der Waals surface area contributed by atoms with Crippen molar-refractivity contribution in [2.24, 2.45) is 10.9 Å². The van der Waals surface area contributed by atoms with E-state index < -0.39 is 6.10 Å². The van der Waals surface area contributed by atoms with Crippen LogP contribution in [0.2, 0.25) is 0 Å². The molecule has 5 nitrogen and oxygen atoms in total. The highest BCUT2D eigenvalue weighted by Gasteiger charge is 2.20. The van der Waals surface area contributed by atoms with Crippen LogP contribution >= 0.6 is 35.3 Å². The number of aliphatic hydroxyl groups is 1. The minimum Gasteiger partial charge on any atom is -0.386 e. The second-order valence-electron chi connectivity index (χ2n) is 6.37. The monoisotopic (exact) mass is 489 g/mol. The molecular formula is C19H28IN3O2S. The number of hydrogen-bond acceptors (Lipinski definition) is 4. The van der Waals surface area contributed by atoms with E-state index >= 15 is 0 Å². The van der Waals surface area contributed by atoms with Crippen molar-refractivity contribution in [1.82, 2.24) is 10.6 Å². The first-order valence-electron chi connectivity index (χ1n) is 9.02. The molecule has 1 aromatic heterocycles. The van der Waals surface area contributed by atoms with Gasteiger partial charge in [-0.3, -0.25) is 4.99 Å². The van der Waals surface area contributed by atoms with Crippen LogP contribution in [-0.4, -0.2) is 43.9 Å². The van der Waals surface area contributed by atoms with Crippen LogP contribution in [0.15, 0.2) is 35.3 Å². The Morgan fingerprint density at radius 2 is 2.15 bits per heavy atom. The first-order chi connectivity index (χ1) is 12.3. The van der Waals surface area contributed by atoms with Crippen molar-refractivity contribution in [3.8, 4) is 0 Å². The fraction of sp³-hybridized carbons (Fsp3) is 0.526. The lowest BCUT2D eigenvalue weighted by Crippen LogP contribution is -2.39. The summed E-state index contributed by atoms with van der Waals surface area (Å²) in [6.07, 6.45) is 2.04. The summed E-state index contributed by atoms with van der Waals surface area (Å²) in [6.45, 7) is 5.43. The number of benzene rings is 1. The van der Waals surface area contributed by atoms with E-state index in [0.29, 0.717) is 13.2 Å². The highest BCUT2D eigenvalue weighted by molar-refractivity contribution is 14.0. The normalized spacial score (nSPS) is 15.5. The molecule has 3 N–H and O–H groups in total. The Kier molecular flexibility index (Phi) is 9.10. The van der Waals surface area contributed by atoms with Crippen molar-refractivity contribution in [2.45, 2.75) is 25.9 Å². The molecule has 0 bridgehead atoms. The van der Waals surface area contributed by atoms with Gasteiger partial charge >= 0.3 is 0 Å². The maximum absolute atomic E-state index is 10.4. The summed E-state index contributed by atoms with van der Waals surface area (Å²) in [5, 5.41) is 18.1. The molecule has 0 amide bonds. The Hall–Kier alpha value is -0.900. The Balaban J connectivity index is 0.00000243. The molecule has 2 aromatic rings. The Labute approximate surface area is 176 Å². The average Bonchev–Trinajstić information content (AvgIpc) is 3.34. The number of guanidine groups is 1. The lowest BCUT2D eigenvalue weighted by Gasteiger charge is -2.12. The van der Waals surface area contributed by atoms with Gasteiger partial charge in [0, 0.05) is 29.3 Å². The Bertz CT molecular complexity index is 670. The second-order valence-corrected chi connectivity index (χ2v) is 7.48. The fourth-order valence-electron chi connectivity index (χ4n) is 2.55. The van der Waals surface area contributed by atoms with Gasteiger partial charge in [0.2, 0.25) is 0 Å². The molecule has 1 unspecified atom stereocenters. The molecule has 1 heterocycles. The third kappa shape index (κ3) is 6.68. The van der Waals surface area contributed by atoms with E-state index in [4.69, 9.17) is 4.74 Å². The van der Waals surface area contributed by atoms with Crippen molar-refractivity contribution in [3.05, 3.63) is 35.2 Å². The Morgan fingerprint density at radius 1 is 1.35 bits per heavy atom. The summed E-state index contributed by atoms with van der Waals surface area (Å²) in [5.74, 6) is 1.51. The van der Waals surface area contributed by atoms with Gasteiger partial charge in [-0.1, -0.05) is 18.2 Å². The number of halogens is 1. The van der Waals surface area contributed by atoms with Crippen molar-refractivity contribution >= 4 is 51.4 Å². The number of thiophene rings is 1. The highest BCUT2D eigenvalue weighted by Crippen LogP contribution is 2.30. The SMILES string of the molecule is CCNC(=NCC(O)c1cc2ccccc2s1)NCCOCC1CC1.I. The van der Waals surface area contributed by atoms with Gasteiger partial charge in [-0.2, -0.15) is 0 Å². The number of ether oxygens (including phenoxy) is 1. The molecule has 3 rings (SSSR count). The molecule has 1 fully saturated rings. The van der Waals surface area contributed by atoms with Crippen LogP contribution in [0.25, 0.3) is 10.1 Å². The minimum atomic E-state index is -0.584. The number of aliphatic hydroxyl groups excluding tert-OH is 1. The average molecular weight is 489 g/mol. The third-order valence-electron chi connectivity index (χ3n) is 4.13. The molecule has 1 saturated carbocycles. The number of aliphatic imine (C=N–C) groups is 1. The summed E-state index contributed by atoms with van der Waals surface area (Å²) in [6, 6.07) is 10.2. The summed E-state index contributed by atoms with van der Waals surface area (Å²) in [4.78, 5) is 5.45. The fourth-order valence-corrected chi connectivity index (χ4v) is 3.59. The molecule has 1 aromatic carbocycles.